The minimum atomic E-state index is 0.431. The average molecular weight is 128 g/mol. The van der Waals surface area contributed by atoms with Gasteiger partial charge < -0.3 is 5.73 Å². The summed E-state index contributed by atoms with van der Waals surface area (Å²) in [4.78, 5) is 0. The number of anilines is 1. The van der Waals surface area contributed by atoms with Crippen LogP contribution in [0, 0.1) is 11.3 Å². The fourth-order valence-electron chi connectivity index (χ4n) is 0.671. The van der Waals surface area contributed by atoms with Gasteiger partial charge in [0.25, 0.3) is 0 Å². The minimum absolute atomic E-state index is 0.431. The van der Waals surface area contributed by atoms with Gasteiger partial charge in [-0.2, -0.15) is 5.26 Å². The summed E-state index contributed by atoms with van der Waals surface area (Å²) < 4.78 is 0. The Morgan fingerprint density at radius 3 is 2.70 bits per heavy atom. The highest BCUT2D eigenvalue weighted by Gasteiger charge is 1.94. The van der Waals surface area contributed by atoms with Crippen LogP contribution in [0.5, 0.6) is 0 Å². The number of nitrogens with zero attached hydrogens (tertiary/aromatic N) is 1. The van der Waals surface area contributed by atoms with Crippen molar-refractivity contribution in [2.45, 2.75) is 0 Å². The molecule has 0 bridgehead atoms. The lowest BCUT2D eigenvalue weighted by molar-refractivity contribution is 1.49. The molecule has 2 radical (unpaired) electrons. The van der Waals surface area contributed by atoms with Gasteiger partial charge in [-0.15, -0.1) is 0 Å². The van der Waals surface area contributed by atoms with Gasteiger partial charge in [-0.1, -0.05) is 11.5 Å². The number of nitriles is 1. The van der Waals surface area contributed by atoms with Crippen molar-refractivity contribution in [3.63, 3.8) is 0 Å². The van der Waals surface area contributed by atoms with Crippen LogP contribution in [0.3, 0.4) is 0 Å². The van der Waals surface area contributed by atoms with E-state index in [1.54, 1.807) is 18.2 Å². The Balaban J connectivity index is 3.25. The molecule has 0 spiro atoms. The molecule has 0 unspecified atom stereocenters. The number of hydrogen-bond donors (Lipinski definition) is 1. The third kappa shape index (κ3) is 1.11. The third-order valence-electron chi connectivity index (χ3n) is 1.20. The van der Waals surface area contributed by atoms with Gasteiger partial charge in [0, 0.05) is 5.69 Å². The molecule has 10 heavy (non-hydrogen) atoms. The molecule has 2 nitrogen and oxygen atoms in total. The second kappa shape index (κ2) is 2.44. The molecular formula is C7H5BN2. The van der Waals surface area contributed by atoms with E-state index in [1.165, 1.54) is 0 Å². The maximum atomic E-state index is 8.46. The van der Waals surface area contributed by atoms with E-state index in [0.717, 1.165) is 0 Å². The molecule has 2 N–H and O–H groups in total. The summed E-state index contributed by atoms with van der Waals surface area (Å²) in [5.74, 6) is 0. The standard InChI is InChI=1S/C7H5BN2/c8-6-1-2-7(10)5(3-6)4-9/h1-3H,10H2. The van der Waals surface area contributed by atoms with Gasteiger partial charge in [-0.3, -0.25) is 0 Å². The van der Waals surface area contributed by atoms with Gasteiger partial charge in [0.2, 0.25) is 0 Å². The van der Waals surface area contributed by atoms with Crippen LogP contribution in [-0.2, 0) is 0 Å². The molecule has 1 aromatic carbocycles. The molecule has 0 aromatic heterocycles. The Bertz CT molecular complexity index is 288. The van der Waals surface area contributed by atoms with Crippen LogP contribution in [0.2, 0.25) is 0 Å². The first-order valence-electron chi connectivity index (χ1n) is 2.79. The molecule has 1 rings (SSSR count). The van der Waals surface area contributed by atoms with E-state index in [0.29, 0.717) is 16.7 Å². The summed E-state index contributed by atoms with van der Waals surface area (Å²) in [5, 5.41) is 8.46. The maximum absolute atomic E-state index is 8.46. The van der Waals surface area contributed by atoms with Crippen LogP contribution in [-0.4, -0.2) is 7.85 Å². The monoisotopic (exact) mass is 128 g/mol. The van der Waals surface area contributed by atoms with Crippen molar-refractivity contribution in [3.05, 3.63) is 23.8 Å². The molecule has 1 aromatic rings. The Labute approximate surface area is 60.7 Å². The molecule has 0 saturated carbocycles. The van der Waals surface area contributed by atoms with E-state index in [4.69, 9.17) is 18.8 Å². The van der Waals surface area contributed by atoms with Crippen molar-refractivity contribution in [1.29, 1.82) is 5.26 Å². The van der Waals surface area contributed by atoms with E-state index in [2.05, 4.69) is 0 Å². The van der Waals surface area contributed by atoms with Crippen LogP contribution in [0.4, 0.5) is 5.69 Å². The lowest BCUT2D eigenvalue weighted by atomic mass is 9.94. The summed E-state index contributed by atoms with van der Waals surface area (Å²) >= 11 is 0. The highest BCUT2D eigenvalue weighted by molar-refractivity contribution is 6.32. The van der Waals surface area contributed by atoms with Crippen molar-refractivity contribution < 1.29 is 0 Å². The zero-order valence-electron chi connectivity index (χ0n) is 5.33. The largest absolute Gasteiger partial charge is 0.398 e. The molecule has 0 saturated heterocycles. The molecule has 46 valence electrons. The number of rotatable bonds is 0. The van der Waals surface area contributed by atoms with Crippen molar-refractivity contribution in [2.24, 2.45) is 0 Å². The topological polar surface area (TPSA) is 49.8 Å². The smallest absolute Gasteiger partial charge is 0.113 e. The van der Waals surface area contributed by atoms with Crippen molar-refractivity contribution in [2.75, 3.05) is 5.73 Å². The lowest BCUT2D eigenvalue weighted by Crippen LogP contribution is -2.03. The summed E-state index contributed by atoms with van der Waals surface area (Å²) in [6, 6.07) is 6.76. The maximum Gasteiger partial charge on any atom is 0.113 e. The predicted octanol–water partition coefficient (Wildman–Crippen LogP) is -0.0657. The van der Waals surface area contributed by atoms with Gasteiger partial charge in [0.15, 0.2) is 0 Å². The summed E-state index contributed by atoms with van der Waals surface area (Å²) in [6.07, 6.45) is 0. The number of nitrogen functional groups attached to an aromatic ring is 1. The van der Waals surface area contributed by atoms with Gasteiger partial charge >= 0.3 is 0 Å². The molecule has 0 fully saturated rings. The second-order valence-corrected chi connectivity index (χ2v) is 1.96. The quantitative estimate of drug-likeness (QED) is 0.392. The predicted molar refractivity (Wildman–Crippen MR) is 41.0 cm³/mol. The minimum Gasteiger partial charge on any atom is -0.398 e. The zero-order valence-corrected chi connectivity index (χ0v) is 5.33. The molecule has 0 aliphatic heterocycles. The molecule has 0 aliphatic carbocycles. The first-order valence-corrected chi connectivity index (χ1v) is 2.79. The third-order valence-corrected chi connectivity index (χ3v) is 1.20. The van der Waals surface area contributed by atoms with E-state index in [9.17, 15) is 0 Å². The first-order chi connectivity index (χ1) is 4.74. The molecule has 0 atom stereocenters. The Hall–Kier alpha value is -1.43. The van der Waals surface area contributed by atoms with Crippen molar-refractivity contribution in [1.82, 2.24) is 0 Å². The van der Waals surface area contributed by atoms with Crippen LogP contribution in [0.15, 0.2) is 18.2 Å². The normalized spacial score (nSPS) is 8.70. The van der Waals surface area contributed by atoms with E-state index in [1.807, 2.05) is 6.07 Å². The van der Waals surface area contributed by atoms with E-state index >= 15 is 0 Å². The van der Waals surface area contributed by atoms with Gasteiger partial charge in [-0.25, -0.2) is 0 Å². The molecule has 0 amide bonds. The molecular weight excluding hydrogens is 123 g/mol. The Morgan fingerprint density at radius 2 is 2.20 bits per heavy atom. The molecule has 0 aliphatic rings. The fourth-order valence-corrected chi connectivity index (χ4v) is 0.671. The molecule has 0 heterocycles. The first kappa shape index (κ1) is 6.69. The van der Waals surface area contributed by atoms with Gasteiger partial charge in [0.1, 0.15) is 13.9 Å². The average Bonchev–Trinajstić information content (AvgIpc) is 1.94. The summed E-state index contributed by atoms with van der Waals surface area (Å²) in [6.45, 7) is 0. The van der Waals surface area contributed by atoms with Gasteiger partial charge in [0.05, 0.1) is 5.56 Å². The Morgan fingerprint density at radius 1 is 1.50 bits per heavy atom. The number of benzene rings is 1. The lowest BCUT2D eigenvalue weighted by Gasteiger charge is -1.96. The summed E-state index contributed by atoms with van der Waals surface area (Å²) in [7, 11) is 5.40. The fraction of sp³-hybridized carbons (Fsp3) is 0. The van der Waals surface area contributed by atoms with Crippen LogP contribution in [0.25, 0.3) is 0 Å². The van der Waals surface area contributed by atoms with Crippen molar-refractivity contribution in [3.8, 4) is 6.07 Å². The Kier molecular flexibility index (Phi) is 1.64. The highest BCUT2D eigenvalue weighted by Crippen LogP contribution is 2.05. The number of hydrogen-bond acceptors (Lipinski definition) is 2. The van der Waals surface area contributed by atoms with E-state index in [-0.39, 0.29) is 0 Å². The van der Waals surface area contributed by atoms with Crippen LogP contribution in [0.1, 0.15) is 5.56 Å². The van der Waals surface area contributed by atoms with Crippen LogP contribution < -0.4 is 11.2 Å². The molecule has 3 heteroatoms. The zero-order chi connectivity index (χ0) is 7.56. The van der Waals surface area contributed by atoms with Crippen molar-refractivity contribution >= 4 is 19.0 Å². The number of nitrogens with two attached hydrogens (primary N) is 1. The van der Waals surface area contributed by atoms with Gasteiger partial charge in [-0.05, 0) is 12.1 Å². The van der Waals surface area contributed by atoms with E-state index < -0.39 is 0 Å². The summed E-state index contributed by atoms with van der Waals surface area (Å²) in [5.41, 5.74) is 6.88. The SMILES string of the molecule is [B]c1ccc(N)c(C#N)c1. The van der Waals surface area contributed by atoms with Crippen LogP contribution >= 0.6 is 0 Å². The second-order valence-electron chi connectivity index (χ2n) is 1.96. The highest BCUT2D eigenvalue weighted by atomic mass is 14.6.